The zero-order valence-corrected chi connectivity index (χ0v) is 14.7. The summed E-state index contributed by atoms with van der Waals surface area (Å²) in [5, 5.41) is 3.46. The lowest BCUT2D eigenvalue weighted by atomic mass is 9.91. The average molecular weight is 306 g/mol. The van der Waals surface area contributed by atoms with Crippen molar-refractivity contribution >= 4 is 0 Å². The standard InChI is InChI=1S/C18H34N4/c1-16(19)7-6-9-21-11-13-22(14-12-21)10-8-20-17(2)15-18(3,4)5/h6-7,20H,1-2,8-15,19H2,3-5H3/b7-6+. The topological polar surface area (TPSA) is 44.5 Å². The summed E-state index contributed by atoms with van der Waals surface area (Å²) in [6, 6.07) is 0. The van der Waals surface area contributed by atoms with E-state index in [0.717, 1.165) is 57.9 Å². The summed E-state index contributed by atoms with van der Waals surface area (Å²) in [6.07, 6.45) is 5.01. The maximum Gasteiger partial charge on any atom is 0.0271 e. The smallest absolute Gasteiger partial charge is 0.0271 e. The summed E-state index contributed by atoms with van der Waals surface area (Å²) in [4.78, 5) is 4.96. The van der Waals surface area contributed by atoms with Gasteiger partial charge in [-0.05, 0) is 17.9 Å². The lowest BCUT2D eigenvalue weighted by Crippen LogP contribution is -2.47. The van der Waals surface area contributed by atoms with E-state index in [4.69, 9.17) is 5.73 Å². The van der Waals surface area contributed by atoms with Crippen molar-refractivity contribution in [3.63, 3.8) is 0 Å². The molecule has 0 atom stereocenters. The van der Waals surface area contributed by atoms with Crippen LogP contribution in [-0.2, 0) is 0 Å². The second-order valence-corrected chi connectivity index (χ2v) is 7.39. The Bertz CT molecular complexity index is 384. The third-order valence-corrected chi connectivity index (χ3v) is 3.71. The molecule has 0 amide bonds. The number of hydrogen-bond acceptors (Lipinski definition) is 4. The number of hydrogen-bond donors (Lipinski definition) is 2. The predicted molar refractivity (Wildman–Crippen MR) is 96.6 cm³/mol. The number of piperazine rings is 1. The molecule has 126 valence electrons. The van der Waals surface area contributed by atoms with Gasteiger partial charge < -0.3 is 11.1 Å². The van der Waals surface area contributed by atoms with Crippen LogP contribution in [0.15, 0.2) is 36.7 Å². The first-order chi connectivity index (χ1) is 10.3. The number of nitrogens with zero attached hydrogens (tertiary/aromatic N) is 2. The summed E-state index contributed by atoms with van der Waals surface area (Å²) >= 11 is 0. The first-order valence-corrected chi connectivity index (χ1v) is 8.23. The monoisotopic (exact) mass is 306 g/mol. The molecule has 0 saturated carbocycles. The molecule has 0 aliphatic carbocycles. The summed E-state index contributed by atoms with van der Waals surface area (Å²) in [6.45, 7) is 22.1. The Balaban J connectivity index is 2.13. The normalized spacial score (nSPS) is 17.8. The van der Waals surface area contributed by atoms with E-state index in [1.54, 1.807) is 0 Å². The van der Waals surface area contributed by atoms with E-state index in [-0.39, 0.29) is 0 Å². The second-order valence-electron chi connectivity index (χ2n) is 7.39. The van der Waals surface area contributed by atoms with Gasteiger partial charge in [-0.15, -0.1) is 0 Å². The van der Waals surface area contributed by atoms with Crippen molar-refractivity contribution in [1.29, 1.82) is 0 Å². The summed E-state index contributed by atoms with van der Waals surface area (Å²) in [5.74, 6) is 0. The van der Waals surface area contributed by atoms with Crippen molar-refractivity contribution in [2.75, 3.05) is 45.8 Å². The Labute approximate surface area is 136 Å². The fraction of sp³-hybridized carbons (Fsp3) is 0.667. The van der Waals surface area contributed by atoms with E-state index in [1.165, 1.54) is 0 Å². The van der Waals surface area contributed by atoms with Gasteiger partial charge in [0.25, 0.3) is 0 Å². The molecule has 0 bridgehead atoms. The Hall–Kier alpha value is -1.26. The van der Waals surface area contributed by atoms with Gasteiger partial charge in [0.05, 0.1) is 0 Å². The average Bonchev–Trinajstić information content (AvgIpc) is 2.38. The Morgan fingerprint density at radius 2 is 1.73 bits per heavy atom. The molecule has 1 aliphatic heterocycles. The molecular formula is C18H34N4. The van der Waals surface area contributed by atoms with Crippen LogP contribution in [0.3, 0.4) is 0 Å². The largest absolute Gasteiger partial charge is 0.399 e. The first kappa shape index (κ1) is 18.8. The lowest BCUT2D eigenvalue weighted by molar-refractivity contribution is 0.143. The van der Waals surface area contributed by atoms with Gasteiger partial charge in [0.2, 0.25) is 0 Å². The maximum atomic E-state index is 5.53. The number of nitrogens with one attached hydrogen (secondary N) is 1. The molecule has 0 aromatic carbocycles. The quantitative estimate of drug-likeness (QED) is 0.675. The molecular weight excluding hydrogens is 272 g/mol. The van der Waals surface area contributed by atoms with Gasteiger partial charge in [0.1, 0.15) is 0 Å². The van der Waals surface area contributed by atoms with E-state index >= 15 is 0 Å². The fourth-order valence-electron chi connectivity index (χ4n) is 2.64. The number of allylic oxidation sites excluding steroid dienone is 2. The molecule has 4 nitrogen and oxygen atoms in total. The van der Waals surface area contributed by atoms with Crippen LogP contribution in [0.25, 0.3) is 0 Å². The van der Waals surface area contributed by atoms with Crippen LogP contribution in [-0.4, -0.2) is 55.6 Å². The molecule has 0 spiro atoms. The van der Waals surface area contributed by atoms with Crippen LogP contribution in [0.1, 0.15) is 27.2 Å². The highest BCUT2D eigenvalue weighted by atomic mass is 15.3. The highest BCUT2D eigenvalue weighted by Gasteiger charge is 2.16. The van der Waals surface area contributed by atoms with Gasteiger partial charge >= 0.3 is 0 Å². The van der Waals surface area contributed by atoms with E-state index in [0.29, 0.717) is 11.1 Å². The molecule has 1 aliphatic rings. The van der Waals surface area contributed by atoms with Crippen molar-refractivity contribution in [2.24, 2.45) is 11.1 Å². The minimum absolute atomic E-state index is 0.304. The lowest BCUT2D eigenvalue weighted by Gasteiger charge is -2.34. The molecule has 0 aromatic heterocycles. The fourth-order valence-corrected chi connectivity index (χ4v) is 2.64. The molecule has 4 heteroatoms. The van der Waals surface area contributed by atoms with Crippen LogP contribution in [0, 0.1) is 5.41 Å². The zero-order valence-electron chi connectivity index (χ0n) is 14.7. The van der Waals surface area contributed by atoms with E-state index in [9.17, 15) is 0 Å². The molecule has 22 heavy (non-hydrogen) atoms. The van der Waals surface area contributed by atoms with E-state index in [2.05, 4.69) is 55.1 Å². The minimum atomic E-state index is 0.304. The molecule has 1 rings (SSSR count). The van der Waals surface area contributed by atoms with Gasteiger partial charge in [-0.1, -0.05) is 40.0 Å². The van der Waals surface area contributed by atoms with Crippen molar-refractivity contribution < 1.29 is 0 Å². The summed E-state index contributed by atoms with van der Waals surface area (Å²) < 4.78 is 0. The maximum absolute atomic E-state index is 5.53. The Morgan fingerprint density at radius 3 is 2.27 bits per heavy atom. The van der Waals surface area contributed by atoms with Crippen molar-refractivity contribution in [2.45, 2.75) is 27.2 Å². The van der Waals surface area contributed by atoms with Crippen LogP contribution in [0.2, 0.25) is 0 Å². The highest BCUT2D eigenvalue weighted by molar-refractivity contribution is 5.10. The summed E-state index contributed by atoms with van der Waals surface area (Å²) in [7, 11) is 0. The van der Waals surface area contributed by atoms with Gasteiger partial charge in [-0.3, -0.25) is 9.80 Å². The summed E-state index contributed by atoms with van der Waals surface area (Å²) in [5.41, 5.74) is 7.61. The van der Waals surface area contributed by atoms with Crippen molar-refractivity contribution in [1.82, 2.24) is 15.1 Å². The third-order valence-electron chi connectivity index (χ3n) is 3.71. The molecule has 0 radical (unpaired) electrons. The van der Waals surface area contributed by atoms with Crippen molar-refractivity contribution in [3.05, 3.63) is 36.7 Å². The predicted octanol–water partition coefficient (Wildman–Crippen LogP) is 2.17. The van der Waals surface area contributed by atoms with Gasteiger partial charge in [0, 0.05) is 57.2 Å². The number of nitrogens with two attached hydrogens (primary N) is 1. The van der Waals surface area contributed by atoms with Crippen LogP contribution in [0.4, 0.5) is 0 Å². The van der Waals surface area contributed by atoms with Crippen LogP contribution in [0.5, 0.6) is 0 Å². The van der Waals surface area contributed by atoms with E-state index < -0.39 is 0 Å². The highest BCUT2D eigenvalue weighted by Crippen LogP contribution is 2.21. The Morgan fingerprint density at radius 1 is 1.14 bits per heavy atom. The van der Waals surface area contributed by atoms with E-state index in [1.807, 2.05) is 6.08 Å². The zero-order chi connectivity index (χ0) is 16.6. The molecule has 1 saturated heterocycles. The van der Waals surface area contributed by atoms with Gasteiger partial charge in [-0.2, -0.15) is 0 Å². The third kappa shape index (κ3) is 8.90. The van der Waals surface area contributed by atoms with Gasteiger partial charge in [0.15, 0.2) is 0 Å². The molecule has 0 unspecified atom stereocenters. The first-order valence-electron chi connectivity index (χ1n) is 8.23. The second kappa shape index (κ2) is 9.01. The molecule has 3 N–H and O–H groups in total. The molecule has 1 fully saturated rings. The van der Waals surface area contributed by atoms with Crippen LogP contribution < -0.4 is 11.1 Å². The minimum Gasteiger partial charge on any atom is -0.399 e. The molecule has 0 aromatic rings. The number of rotatable bonds is 8. The SMILES string of the molecule is C=C(N)/C=C/CN1CCN(CCNC(=C)CC(C)(C)C)CC1. The molecule has 1 heterocycles. The van der Waals surface area contributed by atoms with Gasteiger partial charge in [-0.25, -0.2) is 0 Å². The Kier molecular flexibility index (Phi) is 7.69. The van der Waals surface area contributed by atoms with Crippen molar-refractivity contribution in [3.8, 4) is 0 Å². The van der Waals surface area contributed by atoms with Crippen LogP contribution >= 0.6 is 0 Å².